The van der Waals surface area contributed by atoms with Crippen molar-refractivity contribution in [1.82, 2.24) is 5.32 Å². The van der Waals surface area contributed by atoms with Crippen molar-refractivity contribution >= 4 is 27.3 Å². The van der Waals surface area contributed by atoms with Crippen LogP contribution in [0.3, 0.4) is 0 Å². The van der Waals surface area contributed by atoms with Gasteiger partial charge >= 0.3 is 0 Å². The fourth-order valence-corrected chi connectivity index (χ4v) is 5.57. The zero-order chi connectivity index (χ0) is 19.9. The molecule has 7 heteroatoms. The van der Waals surface area contributed by atoms with Gasteiger partial charge in [0.25, 0.3) is 5.91 Å². The number of nitrogens with one attached hydrogen (secondary N) is 1. The smallest absolute Gasteiger partial charge is 0.251 e. The van der Waals surface area contributed by atoms with Crippen molar-refractivity contribution in [2.75, 3.05) is 23.0 Å². The number of carbonyl (C=O) groups excluding carboxylic acids is 2. The molecule has 28 heavy (non-hydrogen) atoms. The summed E-state index contributed by atoms with van der Waals surface area (Å²) in [7, 11) is -3.02. The van der Waals surface area contributed by atoms with E-state index >= 15 is 0 Å². The number of hydrogen-bond acceptors (Lipinski definition) is 4. The van der Waals surface area contributed by atoms with Crippen LogP contribution in [0.25, 0.3) is 11.1 Å². The number of anilines is 1. The van der Waals surface area contributed by atoms with Crippen molar-refractivity contribution in [3.8, 4) is 11.1 Å². The standard InChI is InChI=1S/C21H22N2O4S/c1-14(24)23-10-8-18-12-17(6-7-20(18)23)15-2-4-16(5-3-15)21(25)22-19-9-11-28(26,27)13-19/h2-7,12,19H,8-11,13H2,1H3,(H,22,25). The van der Waals surface area contributed by atoms with E-state index in [0.29, 0.717) is 18.5 Å². The molecule has 1 saturated heterocycles. The van der Waals surface area contributed by atoms with E-state index in [1.54, 1.807) is 24.0 Å². The highest BCUT2D eigenvalue weighted by Gasteiger charge is 2.29. The van der Waals surface area contributed by atoms with Crippen LogP contribution in [0.2, 0.25) is 0 Å². The third kappa shape index (κ3) is 3.67. The number of nitrogens with zero attached hydrogens (tertiary/aromatic N) is 1. The van der Waals surface area contributed by atoms with E-state index in [-0.39, 0.29) is 29.4 Å². The van der Waals surface area contributed by atoms with Gasteiger partial charge in [0.1, 0.15) is 0 Å². The number of benzene rings is 2. The number of hydrogen-bond donors (Lipinski definition) is 1. The quantitative estimate of drug-likeness (QED) is 0.859. The molecule has 146 valence electrons. The molecule has 1 fully saturated rings. The number of carbonyl (C=O) groups is 2. The molecule has 1 atom stereocenters. The van der Waals surface area contributed by atoms with Gasteiger partial charge < -0.3 is 10.2 Å². The van der Waals surface area contributed by atoms with Gasteiger partial charge in [0.05, 0.1) is 11.5 Å². The first-order chi connectivity index (χ1) is 13.3. The van der Waals surface area contributed by atoms with Gasteiger partial charge in [-0.15, -0.1) is 0 Å². The molecule has 0 saturated carbocycles. The summed E-state index contributed by atoms with van der Waals surface area (Å²) in [5.74, 6) is -0.0453. The van der Waals surface area contributed by atoms with Crippen LogP contribution in [-0.4, -0.2) is 44.3 Å². The summed E-state index contributed by atoms with van der Waals surface area (Å²) in [6, 6.07) is 13.0. The average Bonchev–Trinajstić information content (AvgIpc) is 3.24. The average molecular weight is 398 g/mol. The van der Waals surface area contributed by atoms with Crippen LogP contribution in [0.1, 0.15) is 29.3 Å². The molecule has 0 radical (unpaired) electrons. The number of amides is 2. The Morgan fingerprint density at radius 1 is 1.07 bits per heavy atom. The first kappa shape index (κ1) is 18.7. The van der Waals surface area contributed by atoms with Crippen molar-refractivity contribution in [3.05, 3.63) is 53.6 Å². The molecule has 1 unspecified atom stereocenters. The Morgan fingerprint density at radius 2 is 1.79 bits per heavy atom. The van der Waals surface area contributed by atoms with Crippen LogP contribution in [0.4, 0.5) is 5.69 Å². The van der Waals surface area contributed by atoms with E-state index in [0.717, 1.165) is 28.8 Å². The maximum atomic E-state index is 12.4. The van der Waals surface area contributed by atoms with Gasteiger partial charge in [0.2, 0.25) is 5.91 Å². The van der Waals surface area contributed by atoms with Gasteiger partial charge in [-0.2, -0.15) is 0 Å². The predicted molar refractivity (Wildman–Crippen MR) is 108 cm³/mol. The largest absolute Gasteiger partial charge is 0.348 e. The van der Waals surface area contributed by atoms with Crippen molar-refractivity contribution in [2.24, 2.45) is 0 Å². The first-order valence-electron chi connectivity index (χ1n) is 9.35. The molecule has 0 aliphatic carbocycles. The zero-order valence-corrected chi connectivity index (χ0v) is 16.5. The van der Waals surface area contributed by atoms with Gasteiger partial charge in [0.15, 0.2) is 9.84 Å². The van der Waals surface area contributed by atoms with Gasteiger partial charge in [-0.25, -0.2) is 8.42 Å². The van der Waals surface area contributed by atoms with Gasteiger partial charge in [-0.3, -0.25) is 9.59 Å². The van der Waals surface area contributed by atoms with E-state index in [1.165, 1.54) is 0 Å². The Morgan fingerprint density at radius 3 is 2.43 bits per heavy atom. The minimum Gasteiger partial charge on any atom is -0.348 e. The van der Waals surface area contributed by atoms with Gasteiger partial charge in [-0.05, 0) is 53.8 Å². The summed E-state index contributed by atoms with van der Waals surface area (Å²) < 4.78 is 23.1. The van der Waals surface area contributed by atoms with Crippen molar-refractivity contribution < 1.29 is 18.0 Å². The molecule has 2 aromatic carbocycles. The highest BCUT2D eigenvalue weighted by molar-refractivity contribution is 7.91. The van der Waals surface area contributed by atoms with Gasteiger partial charge in [0, 0.05) is 30.8 Å². The lowest BCUT2D eigenvalue weighted by Crippen LogP contribution is -2.35. The highest BCUT2D eigenvalue weighted by Crippen LogP contribution is 2.32. The fourth-order valence-electron chi connectivity index (χ4n) is 3.90. The molecule has 0 aromatic heterocycles. The Kier molecular flexibility index (Phi) is 4.71. The minimum atomic E-state index is -3.02. The number of rotatable bonds is 3. The molecule has 2 aromatic rings. The van der Waals surface area contributed by atoms with E-state index in [9.17, 15) is 18.0 Å². The maximum absolute atomic E-state index is 12.4. The second-order valence-corrected chi connectivity index (χ2v) is 9.64. The van der Waals surface area contributed by atoms with E-state index in [4.69, 9.17) is 0 Å². The van der Waals surface area contributed by atoms with Crippen LogP contribution in [-0.2, 0) is 21.1 Å². The highest BCUT2D eigenvalue weighted by atomic mass is 32.2. The van der Waals surface area contributed by atoms with Gasteiger partial charge in [-0.1, -0.05) is 18.2 Å². The lowest BCUT2D eigenvalue weighted by Gasteiger charge is -2.15. The fraction of sp³-hybridized carbons (Fsp3) is 0.333. The topological polar surface area (TPSA) is 83.6 Å². The van der Waals surface area contributed by atoms with E-state index in [1.807, 2.05) is 24.3 Å². The molecule has 1 N–H and O–H groups in total. The molecule has 2 aliphatic rings. The van der Waals surface area contributed by atoms with Crippen molar-refractivity contribution in [2.45, 2.75) is 25.8 Å². The zero-order valence-electron chi connectivity index (χ0n) is 15.6. The Labute approximate surface area is 164 Å². The molecule has 0 spiro atoms. The lowest BCUT2D eigenvalue weighted by atomic mass is 10.0. The third-order valence-electron chi connectivity index (χ3n) is 5.40. The van der Waals surface area contributed by atoms with E-state index < -0.39 is 9.84 Å². The first-order valence-corrected chi connectivity index (χ1v) is 11.2. The summed E-state index contributed by atoms with van der Waals surface area (Å²) in [5, 5.41) is 2.80. The summed E-state index contributed by atoms with van der Waals surface area (Å²) in [6.45, 7) is 2.29. The second-order valence-electron chi connectivity index (χ2n) is 7.41. The molecule has 2 amide bonds. The van der Waals surface area contributed by atoms with Crippen LogP contribution in [0, 0.1) is 0 Å². The molecule has 0 bridgehead atoms. The monoisotopic (exact) mass is 398 g/mol. The summed E-state index contributed by atoms with van der Waals surface area (Å²) >= 11 is 0. The normalized spacial score (nSPS) is 20.0. The van der Waals surface area contributed by atoms with Crippen molar-refractivity contribution in [1.29, 1.82) is 0 Å². The number of fused-ring (bicyclic) bond motifs is 1. The molecule has 2 aliphatic heterocycles. The molecular weight excluding hydrogens is 376 g/mol. The van der Waals surface area contributed by atoms with Crippen LogP contribution >= 0.6 is 0 Å². The predicted octanol–water partition coefficient (Wildman–Crippen LogP) is 2.18. The molecular formula is C21H22N2O4S. The molecule has 6 nitrogen and oxygen atoms in total. The lowest BCUT2D eigenvalue weighted by molar-refractivity contribution is -0.116. The maximum Gasteiger partial charge on any atom is 0.251 e. The SMILES string of the molecule is CC(=O)N1CCc2cc(-c3ccc(C(=O)NC4CCS(=O)(=O)C4)cc3)ccc21. The third-order valence-corrected chi connectivity index (χ3v) is 7.17. The number of sulfone groups is 1. The Bertz CT molecular complexity index is 1040. The van der Waals surface area contributed by atoms with Crippen LogP contribution < -0.4 is 10.2 Å². The van der Waals surface area contributed by atoms with E-state index in [2.05, 4.69) is 11.4 Å². The minimum absolute atomic E-state index is 0.0171. The van der Waals surface area contributed by atoms with Crippen LogP contribution in [0.5, 0.6) is 0 Å². The Balaban J connectivity index is 1.48. The molecule has 4 rings (SSSR count). The second kappa shape index (κ2) is 7.05. The summed E-state index contributed by atoms with van der Waals surface area (Å²) in [4.78, 5) is 25.8. The summed E-state index contributed by atoms with van der Waals surface area (Å²) in [5.41, 5.74) is 4.66. The van der Waals surface area contributed by atoms with Crippen molar-refractivity contribution in [3.63, 3.8) is 0 Å². The van der Waals surface area contributed by atoms with Crippen LogP contribution in [0.15, 0.2) is 42.5 Å². The summed E-state index contributed by atoms with van der Waals surface area (Å²) in [6.07, 6.45) is 1.31. The molecule has 2 heterocycles. The Hall–Kier alpha value is -2.67.